The van der Waals surface area contributed by atoms with Crippen LogP contribution in [0.5, 0.6) is 0 Å². The molecule has 1 aliphatic rings. The minimum Gasteiger partial charge on any atom is -0.388 e. The zero-order valence-corrected chi connectivity index (χ0v) is 9.94. The van der Waals surface area contributed by atoms with Crippen molar-refractivity contribution in [2.75, 3.05) is 20.7 Å². The lowest BCUT2D eigenvalue weighted by Crippen LogP contribution is -2.61. The Morgan fingerprint density at radius 2 is 1.94 bits per heavy atom. The number of nitrogens with one attached hydrogen (secondary N) is 2. The van der Waals surface area contributed by atoms with Crippen LogP contribution in [0.2, 0.25) is 0 Å². The Labute approximate surface area is 99.0 Å². The van der Waals surface area contributed by atoms with Gasteiger partial charge >= 0.3 is 0 Å². The number of hydrogen-bond acceptors (Lipinski definition) is 6. The van der Waals surface area contributed by atoms with Crippen LogP contribution in [0.25, 0.3) is 0 Å². The number of nitrogens with zero attached hydrogens (tertiary/aromatic N) is 1. The third kappa shape index (κ3) is 3.24. The number of aliphatic hydroxyl groups excluding tert-OH is 3. The summed E-state index contributed by atoms with van der Waals surface area (Å²) in [5, 5.41) is 28.6. The average molecular weight is 251 g/mol. The van der Waals surface area contributed by atoms with E-state index in [1.807, 2.05) is 0 Å². The maximum atomic E-state index is 9.56. The number of rotatable bonds is 2. The third-order valence-electron chi connectivity index (χ3n) is 2.23. The van der Waals surface area contributed by atoms with Gasteiger partial charge in [-0.2, -0.15) is 0 Å². The van der Waals surface area contributed by atoms with Gasteiger partial charge in [-0.15, -0.1) is 0 Å². The first-order valence-electron chi connectivity index (χ1n) is 4.82. The van der Waals surface area contributed by atoms with Crippen molar-refractivity contribution < 1.29 is 20.1 Å². The van der Waals surface area contributed by atoms with E-state index >= 15 is 0 Å². The summed E-state index contributed by atoms with van der Waals surface area (Å²) in [6.07, 6.45) is -4.35. The van der Waals surface area contributed by atoms with Gasteiger partial charge in [-0.1, -0.05) is 0 Å². The van der Waals surface area contributed by atoms with Gasteiger partial charge in [0.05, 0.1) is 6.61 Å². The van der Waals surface area contributed by atoms with Crippen molar-refractivity contribution in [2.45, 2.75) is 24.5 Å². The van der Waals surface area contributed by atoms with Gasteiger partial charge in [-0.25, -0.2) is 5.43 Å². The number of hydrogen-bond donors (Lipinski definition) is 5. The van der Waals surface area contributed by atoms with E-state index in [-0.39, 0.29) is 6.61 Å². The molecule has 0 aromatic heterocycles. The second-order valence-corrected chi connectivity index (χ2v) is 4.16. The molecule has 8 heteroatoms. The molecule has 0 saturated carbocycles. The van der Waals surface area contributed by atoms with E-state index in [4.69, 9.17) is 17.0 Å². The second-order valence-electron chi connectivity index (χ2n) is 3.77. The molecule has 1 fully saturated rings. The second kappa shape index (κ2) is 5.71. The van der Waals surface area contributed by atoms with Crippen molar-refractivity contribution in [1.29, 1.82) is 0 Å². The van der Waals surface area contributed by atoms with Gasteiger partial charge in [-0.3, -0.25) is 5.43 Å². The van der Waals surface area contributed by atoms with Gasteiger partial charge in [0.2, 0.25) is 0 Å². The summed E-state index contributed by atoms with van der Waals surface area (Å²) in [5.74, 6) is 0. The molecule has 1 aliphatic heterocycles. The lowest BCUT2D eigenvalue weighted by atomic mass is 10.1. The fourth-order valence-electron chi connectivity index (χ4n) is 1.18. The Kier molecular flexibility index (Phi) is 4.84. The van der Waals surface area contributed by atoms with Gasteiger partial charge in [0.15, 0.2) is 11.3 Å². The molecule has 7 nitrogen and oxygen atoms in total. The summed E-state index contributed by atoms with van der Waals surface area (Å²) in [4.78, 5) is 1.66. The highest BCUT2D eigenvalue weighted by Crippen LogP contribution is 2.12. The largest absolute Gasteiger partial charge is 0.388 e. The van der Waals surface area contributed by atoms with E-state index in [0.29, 0.717) is 5.11 Å². The molecule has 1 heterocycles. The Morgan fingerprint density at radius 1 is 1.31 bits per heavy atom. The van der Waals surface area contributed by atoms with E-state index in [9.17, 15) is 15.3 Å². The minimum atomic E-state index is -1.24. The van der Waals surface area contributed by atoms with E-state index in [1.165, 1.54) is 0 Å². The molecule has 16 heavy (non-hydrogen) atoms. The summed E-state index contributed by atoms with van der Waals surface area (Å²) in [7, 11) is 3.52. The monoisotopic (exact) mass is 251 g/mol. The lowest BCUT2D eigenvalue weighted by molar-refractivity contribution is -0.196. The fourth-order valence-corrected chi connectivity index (χ4v) is 1.24. The molecule has 0 aliphatic carbocycles. The standard InChI is InChI=1S/C8H17N3O4S/c1-11(2)8(16)10-9-7-6(14)5(13)4(12)3-15-7/h4-7,9,12-14H,3H2,1-2H3,(H,10,16)/t4-,5-,6-,7+/m0/s1. The van der Waals surface area contributed by atoms with E-state index in [0.717, 1.165) is 0 Å². The first-order valence-corrected chi connectivity index (χ1v) is 5.23. The van der Waals surface area contributed by atoms with Gasteiger partial charge in [0.25, 0.3) is 0 Å². The van der Waals surface area contributed by atoms with Crippen molar-refractivity contribution >= 4 is 17.3 Å². The van der Waals surface area contributed by atoms with Gasteiger partial charge in [-0.05, 0) is 12.2 Å². The van der Waals surface area contributed by atoms with Crippen LogP contribution in [0.1, 0.15) is 0 Å². The molecule has 0 bridgehead atoms. The zero-order valence-electron chi connectivity index (χ0n) is 9.12. The van der Waals surface area contributed by atoms with Crippen molar-refractivity contribution in [3.8, 4) is 0 Å². The minimum absolute atomic E-state index is 0.0493. The summed E-state index contributed by atoms with van der Waals surface area (Å²) < 4.78 is 5.09. The number of aliphatic hydroxyl groups is 3. The van der Waals surface area contributed by atoms with Crippen LogP contribution < -0.4 is 10.9 Å². The first kappa shape index (κ1) is 13.6. The zero-order chi connectivity index (χ0) is 12.3. The van der Waals surface area contributed by atoms with E-state index in [1.54, 1.807) is 19.0 Å². The van der Waals surface area contributed by atoms with Crippen molar-refractivity contribution in [1.82, 2.24) is 15.8 Å². The number of hydrazine groups is 1. The molecule has 0 aromatic carbocycles. The van der Waals surface area contributed by atoms with Gasteiger partial charge in [0.1, 0.15) is 18.3 Å². The molecular formula is C8H17N3O4S. The normalized spacial score (nSPS) is 34.6. The molecule has 1 rings (SSSR count). The molecule has 4 atom stereocenters. The highest BCUT2D eigenvalue weighted by molar-refractivity contribution is 7.80. The van der Waals surface area contributed by atoms with E-state index < -0.39 is 24.5 Å². The summed E-state index contributed by atoms with van der Waals surface area (Å²) >= 11 is 4.94. The Morgan fingerprint density at radius 3 is 2.50 bits per heavy atom. The SMILES string of the molecule is CN(C)C(=S)NN[C@@H]1OC[C@H](O)[C@H](O)[C@@H]1O. The molecule has 0 radical (unpaired) electrons. The van der Waals surface area contributed by atoms with Crippen LogP contribution >= 0.6 is 12.2 Å². The summed E-state index contributed by atoms with van der Waals surface area (Å²) in [6.45, 7) is -0.0493. The van der Waals surface area contributed by atoms with Crippen molar-refractivity contribution in [2.24, 2.45) is 0 Å². The predicted molar refractivity (Wildman–Crippen MR) is 60.3 cm³/mol. The van der Waals surface area contributed by atoms with Crippen LogP contribution in [0.4, 0.5) is 0 Å². The Bertz CT molecular complexity index is 253. The molecule has 0 unspecified atom stereocenters. The van der Waals surface area contributed by atoms with Gasteiger partial charge < -0.3 is 25.0 Å². The predicted octanol–water partition coefficient (Wildman–Crippen LogP) is -2.63. The van der Waals surface area contributed by atoms with Crippen molar-refractivity contribution in [3.05, 3.63) is 0 Å². The van der Waals surface area contributed by atoms with E-state index in [2.05, 4.69) is 10.9 Å². The topological polar surface area (TPSA) is 97.2 Å². The molecule has 0 amide bonds. The first-order chi connectivity index (χ1) is 7.43. The molecule has 1 saturated heterocycles. The molecule has 0 aromatic rings. The molecule has 0 spiro atoms. The highest BCUT2D eigenvalue weighted by Gasteiger charge is 2.37. The maximum Gasteiger partial charge on any atom is 0.183 e. The smallest absolute Gasteiger partial charge is 0.183 e. The Hall–Kier alpha value is -0.510. The molecule has 5 N–H and O–H groups in total. The number of ether oxygens (including phenoxy) is 1. The Balaban J connectivity index is 2.40. The molecular weight excluding hydrogens is 234 g/mol. The maximum absolute atomic E-state index is 9.56. The van der Waals surface area contributed by atoms with Crippen LogP contribution in [-0.4, -0.2) is 70.6 Å². The summed E-state index contributed by atoms with van der Waals surface area (Å²) in [5.41, 5.74) is 5.27. The van der Waals surface area contributed by atoms with Crippen molar-refractivity contribution in [3.63, 3.8) is 0 Å². The quantitative estimate of drug-likeness (QED) is 0.269. The highest BCUT2D eigenvalue weighted by atomic mass is 32.1. The summed E-state index contributed by atoms with van der Waals surface area (Å²) in [6, 6.07) is 0. The fraction of sp³-hybridized carbons (Fsp3) is 0.875. The number of thiocarbonyl (C=S) groups is 1. The van der Waals surface area contributed by atoms with Gasteiger partial charge in [0, 0.05) is 14.1 Å². The van der Waals surface area contributed by atoms with Crippen LogP contribution in [0.15, 0.2) is 0 Å². The third-order valence-corrected chi connectivity index (χ3v) is 2.70. The molecule has 94 valence electrons. The van der Waals surface area contributed by atoms with Crippen LogP contribution in [-0.2, 0) is 4.74 Å². The lowest BCUT2D eigenvalue weighted by Gasteiger charge is -2.35. The van der Waals surface area contributed by atoms with Crippen LogP contribution in [0, 0.1) is 0 Å². The van der Waals surface area contributed by atoms with Crippen LogP contribution in [0.3, 0.4) is 0 Å². The average Bonchev–Trinajstić information content (AvgIpc) is 2.24.